The summed E-state index contributed by atoms with van der Waals surface area (Å²) in [6.45, 7) is 2.65. The average molecular weight is 394 g/mol. The molecule has 6 nitrogen and oxygen atoms in total. The standard InChI is InChI=1S/C22H23FN4O2/c1-15-10-11-24-14-17(15)13-20(28)27-12-4-2-3-5-19(27)21-25-22(29-26-21)16-6-8-18(23)9-7-16/h6-11,14,19H,2-5,12-13H2,1H3. The number of hydrogen-bond donors (Lipinski definition) is 0. The van der Waals surface area contributed by atoms with Crippen molar-refractivity contribution in [1.82, 2.24) is 20.0 Å². The first-order chi connectivity index (χ1) is 14.1. The predicted octanol–water partition coefficient (Wildman–Crippen LogP) is 4.27. The van der Waals surface area contributed by atoms with E-state index in [1.807, 2.05) is 17.9 Å². The summed E-state index contributed by atoms with van der Waals surface area (Å²) in [4.78, 5) is 23.7. The molecule has 1 fully saturated rings. The molecule has 2 aromatic heterocycles. The number of carbonyl (C=O) groups excluding carboxylic acids is 1. The molecule has 150 valence electrons. The van der Waals surface area contributed by atoms with E-state index >= 15 is 0 Å². The Morgan fingerprint density at radius 3 is 2.83 bits per heavy atom. The van der Waals surface area contributed by atoms with Crippen molar-refractivity contribution in [2.45, 2.75) is 45.1 Å². The van der Waals surface area contributed by atoms with E-state index in [0.29, 0.717) is 30.2 Å². The van der Waals surface area contributed by atoms with Gasteiger partial charge in [0.2, 0.25) is 5.91 Å². The van der Waals surface area contributed by atoms with Gasteiger partial charge in [0.05, 0.1) is 12.5 Å². The van der Waals surface area contributed by atoms with Crippen LogP contribution in [-0.2, 0) is 11.2 Å². The molecule has 0 spiro atoms. The Morgan fingerprint density at radius 1 is 1.21 bits per heavy atom. The number of aromatic nitrogens is 3. The Hall–Kier alpha value is -3.09. The molecule has 1 aliphatic rings. The van der Waals surface area contributed by atoms with Gasteiger partial charge >= 0.3 is 0 Å². The lowest BCUT2D eigenvalue weighted by Gasteiger charge is -2.28. The van der Waals surface area contributed by atoms with Crippen molar-refractivity contribution in [2.75, 3.05) is 6.54 Å². The second-order valence-corrected chi connectivity index (χ2v) is 7.40. The van der Waals surface area contributed by atoms with Crippen LogP contribution in [0.1, 0.15) is 48.7 Å². The maximum Gasteiger partial charge on any atom is 0.258 e. The highest BCUT2D eigenvalue weighted by atomic mass is 19.1. The van der Waals surface area contributed by atoms with Gasteiger partial charge in [-0.2, -0.15) is 4.98 Å². The van der Waals surface area contributed by atoms with E-state index in [2.05, 4.69) is 15.1 Å². The van der Waals surface area contributed by atoms with Gasteiger partial charge in [-0.1, -0.05) is 18.0 Å². The summed E-state index contributed by atoms with van der Waals surface area (Å²) in [5, 5.41) is 4.15. The number of benzene rings is 1. The molecule has 0 radical (unpaired) electrons. The van der Waals surface area contributed by atoms with Crippen LogP contribution >= 0.6 is 0 Å². The molecule has 29 heavy (non-hydrogen) atoms. The monoisotopic (exact) mass is 394 g/mol. The zero-order valence-corrected chi connectivity index (χ0v) is 16.3. The highest BCUT2D eigenvalue weighted by Crippen LogP contribution is 2.30. The van der Waals surface area contributed by atoms with Crippen LogP contribution in [0.4, 0.5) is 4.39 Å². The summed E-state index contributed by atoms with van der Waals surface area (Å²) in [6.07, 6.45) is 7.60. The Kier molecular flexibility index (Phi) is 5.64. The maximum absolute atomic E-state index is 13.2. The average Bonchev–Trinajstić information content (AvgIpc) is 3.07. The Balaban J connectivity index is 1.58. The Labute approximate surface area is 168 Å². The minimum Gasteiger partial charge on any atom is -0.334 e. The third-order valence-corrected chi connectivity index (χ3v) is 5.39. The molecule has 0 bridgehead atoms. The summed E-state index contributed by atoms with van der Waals surface area (Å²) >= 11 is 0. The molecule has 7 heteroatoms. The van der Waals surface area contributed by atoms with Gasteiger partial charge in [-0.05, 0) is 61.2 Å². The molecule has 4 rings (SSSR count). The third-order valence-electron chi connectivity index (χ3n) is 5.39. The second-order valence-electron chi connectivity index (χ2n) is 7.40. The highest BCUT2D eigenvalue weighted by molar-refractivity contribution is 5.79. The number of amides is 1. The van der Waals surface area contributed by atoms with Gasteiger partial charge in [-0.25, -0.2) is 4.39 Å². The van der Waals surface area contributed by atoms with Gasteiger partial charge in [-0.15, -0.1) is 0 Å². The van der Waals surface area contributed by atoms with Crippen LogP contribution in [-0.4, -0.2) is 32.5 Å². The van der Waals surface area contributed by atoms with Crippen LogP contribution < -0.4 is 0 Å². The first-order valence-corrected chi connectivity index (χ1v) is 9.90. The molecule has 1 aromatic carbocycles. The molecular weight excluding hydrogens is 371 g/mol. The number of halogens is 1. The number of rotatable bonds is 4. The predicted molar refractivity (Wildman–Crippen MR) is 105 cm³/mol. The number of likely N-dealkylation sites (tertiary alicyclic amines) is 1. The fourth-order valence-electron chi connectivity index (χ4n) is 3.70. The van der Waals surface area contributed by atoms with Crippen LogP contribution in [0.25, 0.3) is 11.5 Å². The quantitative estimate of drug-likeness (QED) is 0.661. The molecule has 1 atom stereocenters. The smallest absolute Gasteiger partial charge is 0.258 e. The van der Waals surface area contributed by atoms with Gasteiger partial charge in [0, 0.05) is 24.5 Å². The van der Waals surface area contributed by atoms with Crippen molar-refractivity contribution in [3.63, 3.8) is 0 Å². The van der Waals surface area contributed by atoms with Gasteiger partial charge in [0.1, 0.15) is 5.82 Å². The van der Waals surface area contributed by atoms with Gasteiger partial charge in [0.15, 0.2) is 5.82 Å². The van der Waals surface area contributed by atoms with Crippen LogP contribution in [0, 0.1) is 12.7 Å². The minimum atomic E-state index is -0.320. The Bertz CT molecular complexity index is 986. The third kappa shape index (κ3) is 4.34. The lowest BCUT2D eigenvalue weighted by atomic mass is 10.1. The summed E-state index contributed by atoms with van der Waals surface area (Å²) < 4.78 is 18.6. The van der Waals surface area contributed by atoms with Gasteiger partial charge < -0.3 is 9.42 Å². The van der Waals surface area contributed by atoms with Crippen LogP contribution in [0.3, 0.4) is 0 Å². The first kappa shape index (κ1) is 19.2. The summed E-state index contributed by atoms with van der Waals surface area (Å²) in [7, 11) is 0. The summed E-state index contributed by atoms with van der Waals surface area (Å²) in [5.41, 5.74) is 2.64. The molecule has 0 N–H and O–H groups in total. The molecule has 1 saturated heterocycles. The summed E-state index contributed by atoms with van der Waals surface area (Å²) in [5.74, 6) is 0.558. The molecule has 1 amide bonds. The molecule has 0 aliphatic carbocycles. The number of pyridine rings is 1. The highest BCUT2D eigenvalue weighted by Gasteiger charge is 2.30. The normalized spacial score (nSPS) is 17.2. The fourth-order valence-corrected chi connectivity index (χ4v) is 3.70. The van der Waals surface area contributed by atoms with E-state index in [4.69, 9.17) is 4.52 Å². The van der Waals surface area contributed by atoms with E-state index in [9.17, 15) is 9.18 Å². The van der Waals surface area contributed by atoms with E-state index in [-0.39, 0.29) is 17.8 Å². The molecule has 1 unspecified atom stereocenters. The van der Waals surface area contributed by atoms with E-state index in [1.54, 1.807) is 24.5 Å². The lowest BCUT2D eigenvalue weighted by Crippen LogP contribution is -2.36. The van der Waals surface area contributed by atoms with E-state index in [0.717, 1.165) is 36.8 Å². The number of aryl methyl sites for hydroxylation is 1. The van der Waals surface area contributed by atoms with Crippen molar-refractivity contribution in [1.29, 1.82) is 0 Å². The Morgan fingerprint density at radius 2 is 2.03 bits per heavy atom. The van der Waals surface area contributed by atoms with Crippen LogP contribution in [0.15, 0.2) is 47.2 Å². The summed E-state index contributed by atoms with van der Waals surface area (Å²) in [6, 6.07) is 7.62. The maximum atomic E-state index is 13.2. The van der Waals surface area contributed by atoms with Crippen molar-refractivity contribution in [2.24, 2.45) is 0 Å². The van der Waals surface area contributed by atoms with Gasteiger partial charge in [0.25, 0.3) is 5.89 Å². The molecule has 1 aliphatic heterocycles. The molecular formula is C22H23FN4O2. The number of carbonyl (C=O) groups is 1. The zero-order valence-electron chi connectivity index (χ0n) is 16.3. The minimum absolute atomic E-state index is 0.0427. The largest absolute Gasteiger partial charge is 0.334 e. The van der Waals surface area contributed by atoms with Crippen molar-refractivity contribution in [3.05, 3.63) is 65.5 Å². The van der Waals surface area contributed by atoms with Gasteiger partial charge in [-0.3, -0.25) is 9.78 Å². The second kappa shape index (κ2) is 8.51. The van der Waals surface area contributed by atoms with Crippen LogP contribution in [0.5, 0.6) is 0 Å². The first-order valence-electron chi connectivity index (χ1n) is 9.90. The molecule has 3 heterocycles. The van der Waals surface area contributed by atoms with Crippen molar-refractivity contribution < 1.29 is 13.7 Å². The number of hydrogen-bond acceptors (Lipinski definition) is 5. The zero-order chi connectivity index (χ0) is 20.2. The van der Waals surface area contributed by atoms with E-state index < -0.39 is 0 Å². The topological polar surface area (TPSA) is 72.1 Å². The molecule has 0 saturated carbocycles. The SMILES string of the molecule is Cc1ccncc1CC(=O)N1CCCCCC1c1noc(-c2ccc(F)cc2)n1. The lowest BCUT2D eigenvalue weighted by molar-refractivity contribution is -0.133. The van der Waals surface area contributed by atoms with Crippen molar-refractivity contribution >= 4 is 5.91 Å². The number of nitrogens with zero attached hydrogens (tertiary/aromatic N) is 4. The van der Waals surface area contributed by atoms with Crippen molar-refractivity contribution in [3.8, 4) is 11.5 Å². The molecule has 3 aromatic rings. The fraction of sp³-hybridized carbons (Fsp3) is 0.364. The van der Waals surface area contributed by atoms with E-state index in [1.165, 1.54) is 12.1 Å². The van der Waals surface area contributed by atoms with Crippen LogP contribution in [0.2, 0.25) is 0 Å².